The maximum atomic E-state index is 6.22. The molecule has 0 aliphatic heterocycles. The van der Waals surface area contributed by atoms with E-state index in [0.29, 0.717) is 0 Å². The van der Waals surface area contributed by atoms with E-state index in [4.69, 9.17) is 4.42 Å². The highest BCUT2D eigenvalue weighted by molar-refractivity contribution is 6.12. The van der Waals surface area contributed by atoms with Crippen molar-refractivity contribution in [3.8, 4) is 11.1 Å². The van der Waals surface area contributed by atoms with Crippen LogP contribution in [0.5, 0.6) is 0 Å². The molecule has 0 atom stereocenters. The molecule has 0 saturated heterocycles. The summed E-state index contributed by atoms with van der Waals surface area (Å²) in [6.45, 7) is 2.16. The molecule has 0 fully saturated rings. The van der Waals surface area contributed by atoms with Gasteiger partial charge in [0.05, 0.1) is 0 Å². The van der Waals surface area contributed by atoms with Crippen LogP contribution in [-0.2, 0) is 0 Å². The van der Waals surface area contributed by atoms with Crippen molar-refractivity contribution in [1.82, 2.24) is 0 Å². The lowest BCUT2D eigenvalue weighted by atomic mass is 9.94. The SMILES string of the molecule is Cc1ccc(-c2cccc3c2oc2ccccc23)c2ccccc12. The highest BCUT2D eigenvalue weighted by Gasteiger charge is 2.13. The molecule has 0 saturated carbocycles. The van der Waals surface area contributed by atoms with Gasteiger partial charge in [-0.3, -0.25) is 0 Å². The first kappa shape index (κ1) is 13.4. The van der Waals surface area contributed by atoms with Gasteiger partial charge in [-0.05, 0) is 34.9 Å². The number of furan rings is 1. The normalized spacial score (nSPS) is 11.5. The van der Waals surface area contributed by atoms with Gasteiger partial charge in [0.1, 0.15) is 11.2 Å². The van der Waals surface area contributed by atoms with E-state index < -0.39 is 0 Å². The Hall–Kier alpha value is -3.06. The second kappa shape index (κ2) is 4.97. The average molecular weight is 308 g/mol. The number of fused-ring (bicyclic) bond motifs is 4. The van der Waals surface area contributed by atoms with Gasteiger partial charge in [0.2, 0.25) is 0 Å². The molecule has 1 heteroatoms. The van der Waals surface area contributed by atoms with Crippen molar-refractivity contribution < 1.29 is 4.42 Å². The first-order valence-electron chi connectivity index (χ1n) is 8.22. The lowest BCUT2D eigenvalue weighted by molar-refractivity contribution is 0.670. The fourth-order valence-corrected chi connectivity index (χ4v) is 3.64. The van der Waals surface area contributed by atoms with Crippen molar-refractivity contribution >= 4 is 32.7 Å². The fraction of sp³-hybridized carbons (Fsp3) is 0.0435. The minimum atomic E-state index is 0.941. The van der Waals surface area contributed by atoms with Crippen LogP contribution in [-0.4, -0.2) is 0 Å². The molecule has 0 bridgehead atoms. The molecule has 0 amide bonds. The molecule has 114 valence electrons. The van der Waals surface area contributed by atoms with E-state index in [1.54, 1.807) is 0 Å². The maximum Gasteiger partial charge on any atom is 0.143 e. The molecular formula is C23H16O. The molecule has 24 heavy (non-hydrogen) atoms. The lowest BCUT2D eigenvalue weighted by Crippen LogP contribution is -1.85. The molecule has 5 aromatic rings. The van der Waals surface area contributed by atoms with Crippen LogP contribution >= 0.6 is 0 Å². The summed E-state index contributed by atoms with van der Waals surface area (Å²) in [4.78, 5) is 0. The van der Waals surface area contributed by atoms with Crippen LogP contribution in [0.25, 0.3) is 43.8 Å². The number of para-hydroxylation sites is 2. The summed E-state index contributed by atoms with van der Waals surface area (Å²) >= 11 is 0. The van der Waals surface area contributed by atoms with Crippen LogP contribution in [0.2, 0.25) is 0 Å². The highest BCUT2D eigenvalue weighted by atomic mass is 16.3. The minimum Gasteiger partial charge on any atom is -0.455 e. The van der Waals surface area contributed by atoms with Gasteiger partial charge in [-0.25, -0.2) is 0 Å². The summed E-state index contributed by atoms with van der Waals surface area (Å²) < 4.78 is 6.22. The van der Waals surface area contributed by atoms with Crippen molar-refractivity contribution in [2.45, 2.75) is 6.92 Å². The molecule has 1 aromatic heterocycles. The van der Waals surface area contributed by atoms with E-state index in [-0.39, 0.29) is 0 Å². The van der Waals surface area contributed by atoms with Gasteiger partial charge in [-0.2, -0.15) is 0 Å². The topological polar surface area (TPSA) is 13.1 Å². The molecule has 5 rings (SSSR count). The summed E-state index contributed by atoms with van der Waals surface area (Å²) in [6.07, 6.45) is 0. The van der Waals surface area contributed by atoms with Gasteiger partial charge in [0.15, 0.2) is 0 Å². The molecule has 4 aromatic carbocycles. The number of aryl methyl sites for hydroxylation is 1. The second-order valence-electron chi connectivity index (χ2n) is 6.26. The van der Waals surface area contributed by atoms with Gasteiger partial charge in [-0.1, -0.05) is 72.8 Å². The number of hydrogen-bond donors (Lipinski definition) is 0. The monoisotopic (exact) mass is 308 g/mol. The van der Waals surface area contributed by atoms with E-state index in [1.807, 2.05) is 12.1 Å². The van der Waals surface area contributed by atoms with Crippen molar-refractivity contribution in [1.29, 1.82) is 0 Å². The number of rotatable bonds is 1. The van der Waals surface area contributed by atoms with Gasteiger partial charge in [0.25, 0.3) is 0 Å². The summed E-state index contributed by atoms with van der Waals surface area (Å²) in [5.41, 5.74) is 5.58. The quantitative estimate of drug-likeness (QED) is 0.335. The van der Waals surface area contributed by atoms with E-state index in [1.165, 1.54) is 32.7 Å². The van der Waals surface area contributed by atoms with Crippen molar-refractivity contribution in [2.75, 3.05) is 0 Å². The third-order valence-corrected chi connectivity index (χ3v) is 4.84. The Morgan fingerprint density at radius 1 is 0.542 bits per heavy atom. The first-order valence-corrected chi connectivity index (χ1v) is 8.22. The van der Waals surface area contributed by atoms with Crippen molar-refractivity contribution in [2.24, 2.45) is 0 Å². The van der Waals surface area contributed by atoms with Crippen molar-refractivity contribution in [3.63, 3.8) is 0 Å². The molecule has 0 unspecified atom stereocenters. The third kappa shape index (κ3) is 1.82. The molecule has 1 heterocycles. The lowest BCUT2D eigenvalue weighted by Gasteiger charge is -2.09. The minimum absolute atomic E-state index is 0.941. The Bertz CT molecular complexity index is 1210. The zero-order chi connectivity index (χ0) is 16.1. The molecule has 0 aliphatic rings. The van der Waals surface area contributed by atoms with Crippen LogP contribution in [0.4, 0.5) is 0 Å². The van der Waals surface area contributed by atoms with Gasteiger partial charge in [0, 0.05) is 16.3 Å². The molecule has 1 nitrogen and oxygen atoms in total. The zero-order valence-corrected chi connectivity index (χ0v) is 13.4. The Labute approximate surface area is 140 Å². The standard InChI is InChI=1S/C23H16O/c1-15-13-14-18(17-8-3-2-7-16(15)17)20-10-6-11-21-19-9-4-5-12-22(19)24-23(20)21/h2-14H,1H3. The van der Waals surface area contributed by atoms with Crippen molar-refractivity contribution in [3.05, 3.63) is 84.4 Å². The first-order chi connectivity index (χ1) is 11.8. The fourth-order valence-electron chi connectivity index (χ4n) is 3.64. The Morgan fingerprint density at radius 3 is 2.12 bits per heavy atom. The largest absolute Gasteiger partial charge is 0.455 e. The number of benzene rings is 4. The summed E-state index contributed by atoms with van der Waals surface area (Å²) in [5.74, 6) is 0. The van der Waals surface area contributed by atoms with Crippen LogP contribution in [0.15, 0.2) is 83.3 Å². The Morgan fingerprint density at radius 2 is 1.25 bits per heavy atom. The van der Waals surface area contributed by atoms with Gasteiger partial charge >= 0.3 is 0 Å². The predicted molar refractivity (Wildman–Crippen MR) is 101 cm³/mol. The zero-order valence-electron chi connectivity index (χ0n) is 13.4. The summed E-state index contributed by atoms with van der Waals surface area (Å²) in [7, 11) is 0. The third-order valence-electron chi connectivity index (χ3n) is 4.84. The van der Waals surface area contributed by atoms with Crippen LogP contribution in [0, 0.1) is 6.92 Å². The Kier molecular flexibility index (Phi) is 2.77. The molecule has 0 N–H and O–H groups in total. The maximum absolute atomic E-state index is 6.22. The van der Waals surface area contributed by atoms with Crippen LogP contribution in [0.1, 0.15) is 5.56 Å². The van der Waals surface area contributed by atoms with E-state index >= 15 is 0 Å². The summed E-state index contributed by atoms with van der Waals surface area (Å²) in [5, 5.41) is 4.91. The molecular weight excluding hydrogens is 292 g/mol. The smallest absolute Gasteiger partial charge is 0.143 e. The van der Waals surface area contributed by atoms with Gasteiger partial charge < -0.3 is 4.42 Å². The van der Waals surface area contributed by atoms with E-state index in [2.05, 4.69) is 73.7 Å². The van der Waals surface area contributed by atoms with E-state index in [0.717, 1.165) is 16.7 Å². The molecule has 0 aliphatic carbocycles. The van der Waals surface area contributed by atoms with Crippen LogP contribution in [0.3, 0.4) is 0 Å². The van der Waals surface area contributed by atoms with Gasteiger partial charge in [-0.15, -0.1) is 0 Å². The molecule has 0 spiro atoms. The second-order valence-corrected chi connectivity index (χ2v) is 6.26. The highest BCUT2D eigenvalue weighted by Crippen LogP contribution is 2.38. The van der Waals surface area contributed by atoms with Crippen LogP contribution < -0.4 is 0 Å². The average Bonchev–Trinajstić information content (AvgIpc) is 3.01. The number of hydrogen-bond acceptors (Lipinski definition) is 1. The summed E-state index contributed by atoms with van der Waals surface area (Å²) in [6, 6.07) is 27.6. The van der Waals surface area contributed by atoms with E-state index in [9.17, 15) is 0 Å². The predicted octanol–water partition coefficient (Wildman–Crippen LogP) is 6.71. The molecule has 0 radical (unpaired) electrons. The Balaban J connectivity index is 1.92.